The Morgan fingerprint density at radius 3 is 2.83 bits per heavy atom. The van der Waals surface area contributed by atoms with Gasteiger partial charge in [0, 0.05) is 26.1 Å². The van der Waals surface area contributed by atoms with E-state index < -0.39 is 0 Å². The molecule has 6 heteroatoms. The van der Waals surface area contributed by atoms with Crippen molar-refractivity contribution in [2.24, 2.45) is 0 Å². The molecule has 4 rings (SSSR count). The van der Waals surface area contributed by atoms with Gasteiger partial charge in [-0.25, -0.2) is 4.98 Å². The summed E-state index contributed by atoms with van der Waals surface area (Å²) in [7, 11) is 0. The Bertz CT molecular complexity index is 1100. The average Bonchev–Trinajstić information content (AvgIpc) is 3.51. The van der Waals surface area contributed by atoms with Crippen molar-refractivity contribution in [2.45, 2.75) is 77.9 Å². The molecule has 2 aromatic carbocycles. The van der Waals surface area contributed by atoms with Gasteiger partial charge in [-0.3, -0.25) is 4.79 Å². The van der Waals surface area contributed by atoms with E-state index in [-0.39, 0.29) is 12.0 Å². The predicted molar refractivity (Wildman–Crippen MR) is 140 cm³/mol. The zero-order valence-electron chi connectivity index (χ0n) is 21.2. The lowest BCUT2D eigenvalue weighted by Crippen LogP contribution is -2.34. The fraction of sp³-hybridized carbons (Fsp3) is 0.517. The molecule has 1 saturated heterocycles. The molecular formula is C29H39N3O3. The van der Waals surface area contributed by atoms with Crippen LogP contribution in [0.5, 0.6) is 5.75 Å². The van der Waals surface area contributed by atoms with Crippen LogP contribution in [0.3, 0.4) is 0 Å². The Hall–Kier alpha value is -2.86. The van der Waals surface area contributed by atoms with Gasteiger partial charge in [-0.05, 0) is 76.1 Å². The van der Waals surface area contributed by atoms with Gasteiger partial charge in [-0.2, -0.15) is 0 Å². The second kappa shape index (κ2) is 12.7. The Balaban J connectivity index is 1.21. The number of carbonyl (C=O) groups excluding carboxylic acids is 1. The van der Waals surface area contributed by atoms with E-state index >= 15 is 0 Å². The first kappa shape index (κ1) is 25.2. The monoisotopic (exact) mass is 477 g/mol. The first-order chi connectivity index (χ1) is 17.1. The molecule has 0 aliphatic carbocycles. The smallest absolute Gasteiger partial charge is 0.249 e. The van der Waals surface area contributed by atoms with E-state index in [4.69, 9.17) is 14.5 Å². The molecule has 3 aromatic rings. The van der Waals surface area contributed by atoms with Crippen molar-refractivity contribution in [1.82, 2.24) is 14.9 Å². The van der Waals surface area contributed by atoms with Crippen LogP contribution in [0.1, 0.15) is 61.9 Å². The lowest BCUT2D eigenvalue weighted by Gasteiger charge is -2.12. The normalized spacial score (nSPS) is 15.5. The number of benzene rings is 2. The van der Waals surface area contributed by atoms with E-state index in [0.717, 1.165) is 88.2 Å². The number of ether oxygens (including phenoxy) is 2. The summed E-state index contributed by atoms with van der Waals surface area (Å²) < 4.78 is 13.8. The van der Waals surface area contributed by atoms with E-state index in [1.54, 1.807) is 0 Å². The van der Waals surface area contributed by atoms with E-state index in [9.17, 15) is 4.79 Å². The minimum absolute atomic E-state index is 0.0470. The molecule has 188 valence electrons. The second-order valence-corrected chi connectivity index (χ2v) is 9.60. The van der Waals surface area contributed by atoms with Crippen molar-refractivity contribution in [3.8, 4) is 5.75 Å². The van der Waals surface area contributed by atoms with E-state index in [2.05, 4.69) is 66.2 Å². The quantitative estimate of drug-likeness (QED) is 0.329. The fourth-order valence-corrected chi connectivity index (χ4v) is 4.78. The number of para-hydroxylation sites is 2. The van der Waals surface area contributed by atoms with Crippen LogP contribution in [-0.4, -0.2) is 41.3 Å². The van der Waals surface area contributed by atoms with Crippen LogP contribution >= 0.6 is 0 Å². The minimum atomic E-state index is -0.235. The van der Waals surface area contributed by atoms with E-state index in [1.807, 2.05) is 0 Å². The fourth-order valence-electron chi connectivity index (χ4n) is 4.78. The largest absolute Gasteiger partial charge is 0.493 e. The van der Waals surface area contributed by atoms with Crippen LogP contribution in [0.2, 0.25) is 0 Å². The third-order valence-electron chi connectivity index (χ3n) is 6.70. The first-order valence-electron chi connectivity index (χ1n) is 13.2. The van der Waals surface area contributed by atoms with Gasteiger partial charge in [0.15, 0.2) is 0 Å². The molecule has 0 radical (unpaired) electrons. The lowest BCUT2D eigenvalue weighted by atomic mass is 10.1. The molecular weight excluding hydrogens is 438 g/mol. The number of unbranched alkanes of at least 4 members (excludes halogenated alkanes) is 3. The molecule has 1 amide bonds. The minimum Gasteiger partial charge on any atom is -0.493 e. The zero-order chi connectivity index (χ0) is 24.5. The van der Waals surface area contributed by atoms with Gasteiger partial charge in [0.25, 0.3) is 0 Å². The van der Waals surface area contributed by atoms with Gasteiger partial charge in [0.1, 0.15) is 17.7 Å². The van der Waals surface area contributed by atoms with Gasteiger partial charge in [-0.15, -0.1) is 0 Å². The molecule has 0 bridgehead atoms. The van der Waals surface area contributed by atoms with Crippen molar-refractivity contribution in [3.05, 3.63) is 59.4 Å². The summed E-state index contributed by atoms with van der Waals surface area (Å²) in [6.07, 6.45) is 7.71. The summed E-state index contributed by atoms with van der Waals surface area (Å²) in [4.78, 5) is 17.0. The van der Waals surface area contributed by atoms with Crippen molar-refractivity contribution < 1.29 is 14.3 Å². The standard InChI is InChI=1S/C29H39N3O3/c1-22-15-16-26(23(2)21-22)34-19-9-8-18-32-25-12-6-5-11-24(25)31-28(32)14-4-3-7-17-30-29(33)27-13-10-20-35-27/h5-6,11-12,15-16,21,27H,3-4,7-10,13-14,17-20H2,1-2H3,(H,30,33). The van der Waals surface area contributed by atoms with Gasteiger partial charge >= 0.3 is 0 Å². The van der Waals surface area contributed by atoms with E-state index in [1.165, 1.54) is 16.6 Å². The molecule has 1 atom stereocenters. The van der Waals surface area contributed by atoms with Crippen LogP contribution in [0.25, 0.3) is 11.0 Å². The maximum atomic E-state index is 12.0. The Kier molecular flexibility index (Phi) is 9.18. The molecule has 2 heterocycles. The summed E-state index contributed by atoms with van der Waals surface area (Å²) >= 11 is 0. The number of nitrogens with zero attached hydrogens (tertiary/aromatic N) is 2. The topological polar surface area (TPSA) is 65.4 Å². The summed E-state index contributed by atoms with van der Waals surface area (Å²) in [6.45, 7) is 7.31. The highest BCUT2D eigenvalue weighted by Gasteiger charge is 2.22. The number of rotatable bonds is 13. The number of hydrogen-bond acceptors (Lipinski definition) is 4. The number of fused-ring (bicyclic) bond motifs is 1. The highest BCUT2D eigenvalue weighted by atomic mass is 16.5. The van der Waals surface area contributed by atoms with Crippen LogP contribution < -0.4 is 10.1 Å². The third kappa shape index (κ3) is 7.07. The number of imidazole rings is 1. The zero-order valence-corrected chi connectivity index (χ0v) is 21.2. The van der Waals surface area contributed by atoms with Crippen molar-refractivity contribution in [2.75, 3.05) is 19.8 Å². The molecule has 1 unspecified atom stereocenters. The van der Waals surface area contributed by atoms with Crippen LogP contribution in [0, 0.1) is 13.8 Å². The number of nitrogens with one attached hydrogen (secondary N) is 1. The molecule has 0 saturated carbocycles. The first-order valence-corrected chi connectivity index (χ1v) is 13.2. The van der Waals surface area contributed by atoms with Crippen molar-refractivity contribution in [1.29, 1.82) is 0 Å². The summed E-state index contributed by atoms with van der Waals surface area (Å²) in [5.74, 6) is 2.19. The molecule has 1 aliphatic heterocycles. The summed E-state index contributed by atoms with van der Waals surface area (Å²) in [6, 6.07) is 14.7. The Labute approximate surface area is 209 Å². The highest BCUT2D eigenvalue weighted by Crippen LogP contribution is 2.21. The molecule has 1 aliphatic rings. The summed E-state index contributed by atoms with van der Waals surface area (Å²) in [5.41, 5.74) is 4.73. The SMILES string of the molecule is Cc1ccc(OCCCCn2c(CCCCCNC(=O)C3CCCO3)nc3ccccc32)c(C)c1. The third-order valence-corrected chi connectivity index (χ3v) is 6.70. The van der Waals surface area contributed by atoms with Crippen molar-refractivity contribution >= 4 is 16.9 Å². The van der Waals surface area contributed by atoms with Crippen LogP contribution in [-0.2, 0) is 22.5 Å². The van der Waals surface area contributed by atoms with Crippen molar-refractivity contribution in [3.63, 3.8) is 0 Å². The maximum absolute atomic E-state index is 12.0. The van der Waals surface area contributed by atoms with Crippen LogP contribution in [0.15, 0.2) is 42.5 Å². The lowest BCUT2D eigenvalue weighted by molar-refractivity contribution is -0.130. The second-order valence-electron chi connectivity index (χ2n) is 9.60. The van der Waals surface area contributed by atoms with Gasteiger partial charge in [0.2, 0.25) is 5.91 Å². The number of amides is 1. The molecule has 35 heavy (non-hydrogen) atoms. The van der Waals surface area contributed by atoms with E-state index in [0.29, 0.717) is 6.61 Å². The number of aryl methyl sites for hydroxylation is 4. The number of carbonyl (C=O) groups is 1. The molecule has 0 spiro atoms. The molecule has 1 aromatic heterocycles. The summed E-state index contributed by atoms with van der Waals surface area (Å²) in [5, 5.41) is 3.02. The Morgan fingerprint density at radius 2 is 2.00 bits per heavy atom. The number of aromatic nitrogens is 2. The molecule has 6 nitrogen and oxygen atoms in total. The van der Waals surface area contributed by atoms with Gasteiger partial charge < -0.3 is 19.4 Å². The maximum Gasteiger partial charge on any atom is 0.249 e. The average molecular weight is 478 g/mol. The van der Waals surface area contributed by atoms with Gasteiger partial charge in [-0.1, -0.05) is 36.2 Å². The van der Waals surface area contributed by atoms with Gasteiger partial charge in [0.05, 0.1) is 17.6 Å². The Morgan fingerprint density at radius 1 is 1.11 bits per heavy atom. The van der Waals surface area contributed by atoms with Crippen LogP contribution in [0.4, 0.5) is 0 Å². The number of hydrogen-bond donors (Lipinski definition) is 1. The highest BCUT2D eigenvalue weighted by molar-refractivity contribution is 5.80. The molecule has 1 fully saturated rings. The predicted octanol–water partition coefficient (Wildman–Crippen LogP) is 5.52. The molecule has 1 N–H and O–H groups in total.